The Morgan fingerprint density at radius 1 is 1.25 bits per heavy atom. The van der Waals surface area contributed by atoms with E-state index in [2.05, 4.69) is 30.9 Å². The van der Waals surface area contributed by atoms with Crippen molar-refractivity contribution in [3.05, 3.63) is 24.3 Å². The summed E-state index contributed by atoms with van der Waals surface area (Å²) >= 11 is 0. The average Bonchev–Trinajstić information content (AvgIpc) is 2.93. The van der Waals surface area contributed by atoms with Crippen molar-refractivity contribution in [2.75, 3.05) is 37.7 Å². The number of rotatable bonds is 7. The van der Waals surface area contributed by atoms with E-state index in [1.54, 1.807) is 0 Å². The highest BCUT2D eigenvalue weighted by molar-refractivity contribution is 5.76. The van der Waals surface area contributed by atoms with Crippen molar-refractivity contribution in [1.29, 1.82) is 0 Å². The Morgan fingerprint density at radius 2 is 1.96 bits per heavy atom. The minimum Gasteiger partial charge on any atom is -0.494 e. The van der Waals surface area contributed by atoms with Crippen LogP contribution in [0.2, 0.25) is 0 Å². The number of nitrogens with zero attached hydrogens (tertiary/aromatic N) is 2. The van der Waals surface area contributed by atoms with E-state index in [0.717, 1.165) is 25.3 Å². The summed E-state index contributed by atoms with van der Waals surface area (Å²) < 4.78 is 5.57. The van der Waals surface area contributed by atoms with Crippen molar-refractivity contribution in [3.8, 4) is 5.75 Å². The summed E-state index contributed by atoms with van der Waals surface area (Å²) in [6.07, 6.45) is 0.885. The highest BCUT2D eigenvalue weighted by atomic mass is 16.5. The summed E-state index contributed by atoms with van der Waals surface area (Å²) in [4.78, 5) is 17.2. The molecule has 3 aliphatic rings. The Hall–Kier alpha value is -1.79. The molecule has 6 heteroatoms. The second-order valence-corrected chi connectivity index (χ2v) is 8.83. The molecule has 28 heavy (non-hydrogen) atoms. The van der Waals surface area contributed by atoms with E-state index in [9.17, 15) is 9.90 Å². The standard InChI is InChI=1S/C22H34N2O4/c1-4-28-19-8-5-17(6-9-19)24-13-16-11-22(2,3)20(24)14-23(12-16)21(27)10-7-18(26)15-25/h5-6,8-9,16,18,20,25-26H,4,7,10-15H2,1-3H3/t16?,18-,20-/m1/s1. The van der Waals surface area contributed by atoms with Gasteiger partial charge in [-0.3, -0.25) is 4.79 Å². The lowest BCUT2D eigenvalue weighted by Gasteiger charge is -2.48. The van der Waals surface area contributed by atoms with Gasteiger partial charge in [-0.2, -0.15) is 0 Å². The summed E-state index contributed by atoms with van der Waals surface area (Å²) in [5.41, 5.74) is 1.29. The number of carbonyl (C=O) groups is 1. The molecule has 4 rings (SSSR count). The highest BCUT2D eigenvalue weighted by Crippen LogP contribution is 2.43. The minimum absolute atomic E-state index is 0.0775. The maximum Gasteiger partial charge on any atom is 0.222 e. The largest absolute Gasteiger partial charge is 0.494 e. The van der Waals surface area contributed by atoms with Crippen molar-refractivity contribution in [3.63, 3.8) is 0 Å². The Morgan fingerprint density at radius 3 is 2.61 bits per heavy atom. The quantitative estimate of drug-likeness (QED) is 0.747. The van der Waals surface area contributed by atoms with E-state index >= 15 is 0 Å². The zero-order chi connectivity index (χ0) is 20.3. The molecule has 1 aromatic rings. The van der Waals surface area contributed by atoms with Crippen LogP contribution in [0, 0.1) is 11.3 Å². The SMILES string of the molecule is CCOc1ccc(N2CC3CN(C(=O)CC[C@@H](O)CO)C[C@@H]2C(C)(C)C3)cc1. The monoisotopic (exact) mass is 390 g/mol. The summed E-state index contributed by atoms with van der Waals surface area (Å²) in [6.45, 7) is 9.36. The van der Waals surface area contributed by atoms with E-state index in [-0.39, 0.29) is 30.4 Å². The topological polar surface area (TPSA) is 73.2 Å². The molecule has 1 aromatic carbocycles. The summed E-state index contributed by atoms with van der Waals surface area (Å²) in [5, 5.41) is 18.6. The predicted molar refractivity (Wildman–Crippen MR) is 110 cm³/mol. The first-order valence-corrected chi connectivity index (χ1v) is 10.4. The van der Waals surface area contributed by atoms with Crippen LogP contribution >= 0.6 is 0 Å². The molecule has 0 aromatic heterocycles. The average molecular weight is 391 g/mol. The first-order chi connectivity index (χ1) is 13.3. The van der Waals surface area contributed by atoms with Gasteiger partial charge >= 0.3 is 0 Å². The van der Waals surface area contributed by atoms with Gasteiger partial charge in [0.1, 0.15) is 5.75 Å². The molecule has 0 radical (unpaired) electrons. The lowest BCUT2D eigenvalue weighted by Crippen LogP contribution is -2.54. The van der Waals surface area contributed by atoms with Crippen LogP contribution in [0.15, 0.2) is 24.3 Å². The van der Waals surface area contributed by atoms with E-state index in [4.69, 9.17) is 9.84 Å². The molecule has 0 saturated carbocycles. The van der Waals surface area contributed by atoms with Crippen LogP contribution in [0.5, 0.6) is 5.75 Å². The molecular weight excluding hydrogens is 356 g/mol. The van der Waals surface area contributed by atoms with Crippen LogP contribution in [-0.2, 0) is 4.79 Å². The molecule has 3 heterocycles. The maximum atomic E-state index is 12.8. The van der Waals surface area contributed by atoms with Crippen molar-refractivity contribution in [2.45, 2.75) is 52.2 Å². The summed E-state index contributed by atoms with van der Waals surface area (Å²) in [7, 11) is 0. The third-order valence-corrected chi connectivity index (χ3v) is 6.15. The molecule has 3 fully saturated rings. The number of piperidine rings is 1. The number of hydrogen-bond donors (Lipinski definition) is 2. The molecule has 2 bridgehead atoms. The number of aliphatic hydroxyl groups is 2. The van der Waals surface area contributed by atoms with Gasteiger partial charge in [0, 0.05) is 31.7 Å². The molecule has 3 atom stereocenters. The van der Waals surface area contributed by atoms with E-state index in [1.807, 2.05) is 24.0 Å². The van der Waals surface area contributed by atoms with Gasteiger partial charge < -0.3 is 24.7 Å². The molecule has 1 amide bonds. The van der Waals surface area contributed by atoms with Crippen LogP contribution in [-0.4, -0.2) is 66.0 Å². The fourth-order valence-corrected chi connectivity index (χ4v) is 4.76. The molecule has 6 nitrogen and oxygen atoms in total. The number of hydrogen-bond acceptors (Lipinski definition) is 5. The van der Waals surface area contributed by atoms with Gasteiger partial charge in [0.2, 0.25) is 5.91 Å². The van der Waals surface area contributed by atoms with Gasteiger partial charge in [-0.15, -0.1) is 0 Å². The van der Waals surface area contributed by atoms with Gasteiger partial charge in [0.25, 0.3) is 0 Å². The van der Waals surface area contributed by atoms with E-state index in [1.165, 1.54) is 5.69 Å². The highest BCUT2D eigenvalue weighted by Gasteiger charge is 2.46. The van der Waals surface area contributed by atoms with Crippen molar-refractivity contribution in [1.82, 2.24) is 4.90 Å². The number of amides is 1. The number of anilines is 1. The normalized spacial score (nSPS) is 24.8. The van der Waals surface area contributed by atoms with Gasteiger partial charge in [-0.05, 0) is 55.4 Å². The number of carbonyl (C=O) groups excluding carboxylic acids is 1. The number of aliphatic hydroxyl groups excluding tert-OH is 2. The van der Waals surface area contributed by atoms with Crippen molar-refractivity contribution in [2.24, 2.45) is 11.3 Å². The van der Waals surface area contributed by atoms with Crippen LogP contribution in [0.25, 0.3) is 0 Å². The smallest absolute Gasteiger partial charge is 0.222 e. The Labute approximate surface area is 168 Å². The summed E-state index contributed by atoms with van der Waals surface area (Å²) in [6, 6.07) is 8.51. The maximum absolute atomic E-state index is 12.8. The van der Waals surface area contributed by atoms with Gasteiger partial charge in [-0.25, -0.2) is 0 Å². The number of benzene rings is 1. The van der Waals surface area contributed by atoms with Crippen LogP contribution < -0.4 is 9.64 Å². The number of ether oxygens (including phenoxy) is 1. The zero-order valence-corrected chi connectivity index (χ0v) is 17.3. The lowest BCUT2D eigenvalue weighted by atomic mass is 9.73. The third kappa shape index (κ3) is 4.61. The predicted octanol–water partition coefficient (Wildman–Crippen LogP) is 2.28. The fraction of sp³-hybridized carbons (Fsp3) is 0.682. The minimum atomic E-state index is -0.815. The summed E-state index contributed by atoms with van der Waals surface area (Å²) in [5.74, 6) is 1.38. The first kappa shape index (κ1) is 20.9. The van der Waals surface area contributed by atoms with Gasteiger partial charge in [0.05, 0.1) is 25.4 Å². The van der Waals surface area contributed by atoms with Crippen LogP contribution in [0.3, 0.4) is 0 Å². The van der Waals surface area contributed by atoms with Crippen molar-refractivity contribution >= 4 is 11.6 Å². The van der Waals surface area contributed by atoms with Gasteiger partial charge in [0.15, 0.2) is 0 Å². The van der Waals surface area contributed by atoms with Gasteiger partial charge in [-0.1, -0.05) is 13.8 Å². The third-order valence-electron chi connectivity index (χ3n) is 6.15. The molecular formula is C22H34N2O4. The zero-order valence-electron chi connectivity index (χ0n) is 17.3. The number of fused-ring (bicyclic) bond motifs is 4. The van der Waals surface area contributed by atoms with E-state index < -0.39 is 6.10 Å². The Balaban J connectivity index is 1.76. The second-order valence-electron chi connectivity index (χ2n) is 8.83. The molecule has 0 aliphatic carbocycles. The molecule has 0 spiro atoms. The lowest BCUT2D eigenvalue weighted by molar-refractivity contribution is -0.132. The molecule has 3 aliphatic heterocycles. The molecule has 3 saturated heterocycles. The molecule has 2 N–H and O–H groups in total. The molecule has 156 valence electrons. The van der Waals surface area contributed by atoms with E-state index in [0.29, 0.717) is 25.5 Å². The van der Waals surface area contributed by atoms with Crippen LogP contribution in [0.4, 0.5) is 5.69 Å². The molecule has 1 unspecified atom stereocenters. The Kier molecular flexibility index (Phi) is 6.50. The fourth-order valence-electron chi connectivity index (χ4n) is 4.76. The van der Waals surface area contributed by atoms with Crippen molar-refractivity contribution < 1.29 is 19.7 Å². The Bertz CT molecular complexity index is 661. The second kappa shape index (κ2) is 8.70. The first-order valence-electron chi connectivity index (χ1n) is 10.4. The van der Waals surface area contributed by atoms with Crippen LogP contribution in [0.1, 0.15) is 40.0 Å².